The molecule has 2 rings (SSSR count). The number of Topliss-reactive ketones (excluding diaryl/α,β-unsaturated/α-hetero) is 1. The highest BCUT2D eigenvalue weighted by Gasteiger charge is 2.32. The van der Waals surface area contributed by atoms with Gasteiger partial charge in [-0.3, -0.25) is 14.8 Å². The molecule has 4 heteroatoms. The van der Waals surface area contributed by atoms with Crippen LogP contribution in [-0.4, -0.2) is 29.6 Å². The standard InChI is InChI=1S/C9H11N3O/c1-5(13)8-3-6-2-7(10)4-11-9(6)12-8/h4,6,9-10H,2-3H2,1H3. The molecule has 0 aromatic rings. The van der Waals surface area contributed by atoms with E-state index in [9.17, 15) is 4.79 Å². The summed E-state index contributed by atoms with van der Waals surface area (Å²) in [5.74, 6) is 0.299. The third kappa shape index (κ3) is 1.43. The summed E-state index contributed by atoms with van der Waals surface area (Å²) in [5, 5.41) is 7.43. The summed E-state index contributed by atoms with van der Waals surface area (Å²) in [4.78, 5) is 19.4. The molecule has 0 aliphatic carbocycles. The number of nitrogens with zero attached hydrogens (tertiary/aromatic N) is 2. The van der Waals surface area contributed by atoms with Crippen LogP contribution in [0.15, 0.2) is 9.98 Å². The average Bonchev–Trinajstić information content (AvgIpc) is 2.46. The maximum absolute atomic E-state index is 11.0. The first-order valence-corrected chi connectivity index (χ1v) is 4.35. The fraction of sp³-hybridized carbons (Fsp3) is 0.556. The highest BCUT2D eigenvalue weighted by molar-refractivity contribution is 6.40. The lowest BCUT2D eigenvalue weighted by molar-refractivity contribution is -0.111. The number of aliphatic imine (C=N–C) groups is 2. The van der Waals surface area contributed by atoms with Crippen LogP contribution in [0.3, 0.4) is 0 Å². The summed E-state index contributed by atoms with van der Waals surface area (Å²) in [6.45, 7) is 1.53. The zero-order valence-corrected chi connectivity index (χ0v) is 7.45. The Morgan fingerprint density at radius 3 is 3.08 bits per heavy atom. The third-order valence-corrected chi connectivity index (χ3v) is 2.44. The van der Waals surface area contributed by atoms with Crippen LogP contribution in [0.1, 0.15) is 19.8 Å². The largest absolute Gasteiger partial charge is 0.304 e. The van der Waals surface area contributed by atoms with E-state index in [1.807, 2.05) is 0 Å². The van der Waals surface area contributed by atoms with E-state index >= 15 is 0 Å². The summed E-state index contributed by atoms with van der Waals surface area (Å²) in [5.41, 5.74) is 1.18. The van der Waals surface area contributed by atoms with Crippen LogP contribution in [0, 0.1) is 11.3 Å². The maximum Gasteiger partial charge on any atom is 0.173 e. The smallest absolute Gasteiger partial charge is 0.173 e. The zero-order valence-electron chi connectivity index (χ0n) is 7.45. The molecule has 0 bridgehead atoms. The SMILES string of the molecule is CC(=O)C1=NC2N=CC(=N)CC2C1. The number of nitrogens with one attached hydrogen (secondary N) is 1. The van der Waals surface area contributed by atoms with Crippen molar-refractivity contribution >= 4 is 23.4 Å². The van der Waals surface area contributed by atoms with Gasteiger partial charge in [0.25, 0.3) is 0 Å². The first kappa shape index (κ1) is 8.29. The second-order valence-electron chi connectivity index (χ2n) is 3.52. The molecule has 0 radical (unpaired) electrons. The lowest BCUT2D eigenvalue weighted by Crippen LogP contribution is -2.22. The number of fused-ring (bicyclic) bond motifs is 1. The highest BCUT2D eigenvalue weighted by Crippen LogP contribution is 2.28. The summed E-state index contributed by atoms with van der Waals surface area (Å²) >= 11 is 0. The summed E-state index contributed by atoms with van der Waals surface area (Å²) < 4.78 is 0. The molecule has 0 saturated heterocycles. The average molecular weight is 177 g/mol. The Morgan fingerprint density at radius 2 is 2.38 bits per heavy atom. The highest BCUT2D eigenvalue weighted by atomic mass is 16.1. The number of hydrogen-bond donors (Lipinski definition) is 1. The van der Waals surface area contributed by atoms with E-state index in [0.29, 0.717) is 24.3 Å². The molecule has 2 unspecified atom stereocenters. The minimum atomic E-state index is -0.0898. The molecule has 0 saturated carbocycles. The molecule has 4 nitrogen and oxygen atoms in total. The van der Waals surface area contributed by atoms with Gasteiger partial charge >= 0.3 is 0 Å². The quantitative estimate of drug-likeness (QED) is 0.634. The summed E-state index contributed by atoms with van der Waals surface area (Å²) in [7, 11) is 0. The maximum atomic E-state index is 11.0. The lowest BCUT2D eigenvalue weighted by Gasteiger charge is -2.17. The fourth-order valence-corrected chi connectivity index (χ4v) is 1.74. The third-order valence-electron chi connectivity index (χ3n) is 2.44. The van der Waals surface area contributed by atoms with Crippen molar-refractivity contribution in [3.8, 4) is 0 Å². The lowest BCUT2D eigenvalue weighted by atomic mass is 9.94. The van der Waals surface area contributed by atoms with Crippen molar-refractivity contribution in [2.24, 2.45) is 15.9 Å². The van der Waals surface area contributed by atoms with E-state index in [2.05, 4.69) is 9.98 Å². The normalized spacial score (nSPS) is 31.5. The number of carbonyl (C=O) groups excluding carboxylic acids is 1. The van der Waals surface area contributed by atoms with Crippen LogP contribution in [0.5, 0.6) is 0 Å². The Kier molecular flexibility index (Phi) is 1.83. The van der Waals surface area contributed by atoms with Gasteiger partial charge in [0.05, 0.1) is 5.71 Å². The molecular formula is C9H11N3O. The van der Waals surface area contributed by atoms with Crippen molar-refractivity contribution in [3.05, 3.63) is 0 Å². The molecule has 0 aromatic heterocycles. The van der Waals surface area contributed by atoms with Crippen LogP contribution < -0.4 is 0 Å². The second kappa shape index (κ2) is 2.87. The summed E-state index contributed by atoms with van der Waals surface area (Å²) in [6, 6.07) is 0. The molecule has 2 heterocycles. The molecule has 2 aliphatic rings. The Bertz CT molecular complexity index is 330. The van der Waals surface area contributed by atoms with Gasteiger partial charge in [-0.15, -0.1) is 0 Å². The molecule has 0 fully saturated rings. The molecule has 0 aromatic carbocycles. The van der Waals surface area contributed by atoms with Crippen LogP contribution in [-0.2, 0) is 4.79 Å². The van der Waals surface area contributed by atoms with Crippen molar-refractivity contribution in [2.45, 2.75) is 25.9 Å². The molecular weight excluding hydrogens is 166 g/mol. The molecule has 0 amide bonds. The molecule has 13 heavy (non-hydrogen) atoms. The van der Waals surface area contributed by atoms with Crippen LogP contribution in [0.4, 0.5) is 0 Å². The van der Waals surface area contributed by atoms with Gasteiger partial charge in [-0.25, -0.2) is 0 Å². The number of ketones is 1. The van der Waals surface area contributed by atoms with Crippen LogP contribution in [0.2, 0.25) is 0 Å². The molecule has 1 N–H and O–H groups in total. The van der Waals surface area contributed by atoms with Gasteiger partial charge in [0.1, 0.15) is 6.17 Å². The molecule has 68 valence electrons. The first-order chi connectivity index (χ1) is 6.16. The predicted molar refractivity (Wildman–Crippen MR) is 50.8 cm³/mol. The minimum absolute atomic E-state index is 0.0381. The Labute approximate surface area is 76.3 Å². The van der Waals surface area contributed by atoms with Crippen molar-refractivity contribution < 1.29 is 4.79 Å². The van der Waals surface area contributed by atoms with E-state index in [-0.39, 0.29) is 17.9 Å². The number of carbonyl (C=O) groups is 1. The van der Waals surface area contributed by atoms with Gasteiger partial charge in [-0.1, -0.05) is 0 Å². The van der Waals surface area contributed by atoms with Crippen molar-refractivity contribution in [1.29, 1.82) is 5.41 Å². The van der Waals surface area contributed by atoms with Crippen molar-refractivity contribution in [1.82, 2.24) is 0 Å². The molecule has 2 atom stereocenters. The van der Waals surface area contributed by atoms with E-state index in [1.54, 1.807) is 6.21 Å². The molecule has 2 aliphatic heterocycles. The minimum Gasteiger partial charge on any atom is -0.304 e. The van der Waals surface area contributed by atoms with Gasteiger partial charge in [-0.05, 0) is 12.8 Å². The van der Waals surface area contributed by atoms with Gasteiger partial charge in [0.15, 0.2) is 5.78 Å². The first-order valence-electron chi connectivity index (χ1n) is 4.35. The monoisotopic (exact) mass is 177 g/mol. The summed E-state index contributed by atoms with van der Waals surface area (Å²) in [6.07, 6.45) is 2.86. The van der Waals surface area contributed by atoms with E-state index in [1.165, 1.54) is 6.92 Å². The van der Waals surface area contributed by atoms with Crippen LogP contribution in [0.25, 0.3) is 0 Å². The second-order valence-corrected chi connectivity index (χ2v) is 3.52. The van der Waals surface area contributed by atoms with Gasteiger partial charge in [0.2, 0.25) is 0 Å². The number of hydrogen-bond acceptors (Lipinski definition) is 4. The van der Waals surface area contributed by atoms with Gasteiger partial charge in [-0.2, -0.15) is 0 Å². The zero-order chi connectivity index (χ0) is 9.42. The van der Waals surface area contributed by atoms with E-state index in [4.69, 9.17) is 5.41 Å². The molecule has 0 spiro atoms. The fourth-order valence-electron chi connectivity index (χ4n) is 1.74. The Morgan fingerprint density at radius 1 is 1.62 bits per heavy atom. The topological polar surface area (TPSA) is 65.6 Å². The van der Waals surface area contributed by atoms with E-state index in [0.717, 1.165) is 0 Å². The number of rotatable bonds is 1. The Hall–Kier alpha value is -1.32. The van der Waals surface area contributed by atoms with E-state index < -0.39 is 0 Å². The van der Waals surface area contributed by atoms with Crippen molar-refractivity contribution in [3.63, 3.8) is 0 Å². The van der Waals surface area contributed by atoms with Gasteiger partial charge < -0.3 is 5.41 Å². The van der Waals surface area contributed by atoms with Crippen LogP contribution >= 0.6 is 0 Å². The Balaban J connectivity index is 2.19. The van der Waals surface area contributed by atoms with Gasteiger partial charge in [0, 0.05) is 24.8 Å². The predicted octanol–water partition coefficient (Wildman–Crippen LogP) is 0.857. The van der Waals surface area contributed by atoms with Crippen molar-refractivity contribution in [2.75, 3.05) is 0 Å².